The van der Waals surface area contributed by atoms with Gasteiger partial charge in [-0.3, -0.25) is 9.36 Å². The lowest BCUT2D eigenvalue weighted by atomic mass is 10.1. The third-order valence-corrected chi connectivity index (χ3v) is 5.23. The van der Waals surface area contributed by atoms with E-state index in [9.17, 15) is 14.0 Å². The molecule has 0 spiro atoms. The lowest BCUT2D eigenvalue weighted by molar-refractivity contribution is 0.0971. The number of hydrogen-bond acceptors (Lipinski definition) is 4. The number of ketones is 1. The number of nitrogens with zero attached hydrogens (tertiary/aromatic N) is 4. The summed E-state index contributed by atoms with van der Waals surface area (Å²) < 4.78 is 15.9. The summed E-state index contributed by atoms with van der Waals surface area (Å²) in [5, 5.41) is 5.05. The maximum absolute atomic E-state index is 13.3. The van der Waals surface area contributed by atoms with E-state index in [1.807, 2.05) is 37.3 Å². The molecule has 0 fully saturated rings. The first-order valence-corrected chi connectivity index (χ1v) is 9.75. The van der Waals surface area contributed by atoms with E-state index in [1.54, 1.807) is 30.3 Å². The van der Waals surface area contributed by atoms with Gasteiger partial charge in [-0.2, -0.15) is 4.52 Å². The zero-order valence-corrected chi connectivity index (χ0v) is 16.6. The third-order valence-electron chi connectivity index (χ3n) is 5.23. The van der Waals surface area contributed by atoms with Gasteiger partial charge in [0.15, 0.2) is 17.3 Å². The standard InChI is InChI=1S/C24H17FN4O2/c1-15-6-8-16(9-7-15)21(30)14-28-20-5-3-2-4-19(20)23-26-22(27-29(23)24(28)31)17-10-12-18(25)13-11-17/h2-13H,14H2,1H3. The van der Waals surface area contributed by atoms with Crippen molar-refractivity contribution in [1.29, 1.82) is 0 Å². The van der Waals surface area contributed by atoms with Crippen LogP contribution in [-0.4, -0.2) is 24.9 Å². The fraction of sp³-hybridized carbons (Fsp3) is 0.0833. The number of para-hydroxylation sites is 1. The monoisotopic (exact) mass is 412 g/mol. The minimum atomic E-state index is -0.463. The zero-order valence-electron chi connectivity index (χ0n) is 16.6. The Morgan fingerprint density at radius 3 is 2.42 bits per heavy atom. The first-order chi connectivity index (χ1) is 15.0. The van der Waals surface area contributed by atoms with E-state index in [4.69, 9.17) is 0 Å². The zero-order chi connectivity index (χ0) is 21.5. The van der Waals surface area contributed by atoms with E-state index in [2.05, 4.69) is 10.1 Å². The van der Waals surface area contributed by atoms with Crippen molar-refractivity contribution < 1.29 is 9.18 Å². The van der Waals surface area contributed by atoms with Gasteiger partial charge in [-0.05, 0) is 43.3 Å². The van der Waals surface area contributed by atoms with Gasteiger partial charge in [0.2, 0.25) is 0 Å². The van der Waals surface area contributed by atoms with E-state index in [0.717, 1.165) is 5.56 Å². The highest BCUT2D eigenvalue weighted by Gasteiger charge is 2.18. The molecule has 0 unspecified atom stereocenters. The summed E-state index contributed by atoms with van der Waals surface area (Å²) in [5.74, 6) is -0.231. The van der Waals surface area contributed by atoms with E-state index in [1.165, 1.54) is 21.2 Å². The predicted octanol–water partition coefficient (Wildman–Crippen LogP) is 4.04. The highest BCUT2D eigenvalue weighted by molar-refractivity contribution is 5.98. The van der Waals surface area contributed by atoms with Gasteiger partial charge in [0.25, 0.3) is 0 Å². The van der Waals surface area contributed by atoms with Crippen LogP contribution in [-0.2, 0) is 6.54 Å². The number of carbonyl (C=O) groups is 1. The summed E-state index contributed by atoms with van der Waals surface area (Å²) in [4.78, 5) is 30.7. The molecule has 0 bridgehead atoms. The Bertz CT molecular complexity index is 1500. The van der Waals surface area contributed by atoms with E-state index in [0.29, 0.717) is 33.5 Å². The van der Waals surface area contributed by atoms with Crippen LogP contribution in [0, 0.1) is 12.7 Å². The number of fused-ring (bicyclic) bond motifs is 3. The van der Waals surface area contributed by atoms with Crippen LogP contribution in [0.2, 0.25) is 0 Å². The molecule has 0 aliphatic heterocycles. The summed E-state index contributed by atoms with van der Waals surface area (Å²) >= 11 is 0. The van der Waals surface area contributed by atoms with Crippen LogP contribution in [0.4, 0.5) is 4.39 Å². The molecule has 0 aliphatic carbocycles. The minimum Gasteiger partial charge on any atom is -0.292 e. The smallest absolute Gasteiger partial charge is 0.292 e. The van der Waals surface area contributed by atoms with Crippen LogP contribution in [0.15, 0.2) is 77.6 Å². The number of carbonyl (C=O) groups excluding carboxylic acids is 1. The Morgan fingerprint density at radius 2 is 1.68 bits per heavy atom. The Kier molecular flexibility index (Phi) is 4.43. The second kappa shape index (κ2) is 7.28. The lowest BCUT2D eigenvalue weighted by Gasteiger charge is -2.10. The molecule has 0 radical (unpaired) electrons. The molecule has 3 aromatic carbocycles. The van der Waals surface area contributed by atoms with Gasteiger partial charge in [0.05, 0.1) is 12.1 Å². The minimum absolute atomic E-state index is 0.121. The maximum atomic E-state index is 13.3. The predicted molar refractivity (Wildman–Crippen MR) is 116 cm³/mol. The molecule has 0 saturated heterocycles. The van der Waals surface area contributed by atoms with Crippen LogP contribution < -0.4 is 5.69 Å². The first-order valence-electron chi connectivity index (χ1n) is 9.75. The SMILES string of the molecule is Cc1ccc(C(=O)Cn2c(=O)n3nc(-c4ccc(F)cc4)nc3c3ccccc32)cc1. The molecule has 0 saturated carbocycles. The van der Waals surface area contributed by atoms with Crippen LogP contribution in [0.25, 0.3) is 27.9 Å². The van der Waals surface area contributed by atoms with Crippen molar-refractivity contribution in [3.63, 3.8) is 0 Å². The molecule has 0 aliphatic rings. The van der Waals surface area contributed by atoms with Gasteiger partial charge in [-0.15, -0.1) is 5.10 Å². The van der Waals surface area contributed by atoms with Crippen LogP contribution in [0.1, 0.15) is 15.9 Å². The maximum Gasteiger partial charge on any atom is 0.351 e. The second-order valence-corrected chi connectivity index (χ2v) is 7.35. The van der Waals surface area contributed by atoms with Crippen molar-refractivity contribution in [3.8, 4) is 11.4 Å². The van der Waals surface area contributed by atoms with Crippen molar-refractivity contribution in [2.24, 2.45) is 0 Å². The molecule has 5 rings (SSSR count). The van der Waals surface area contributed by atoms with Crippen molar-refractivity contribution in [3.05, 3.63) is 100 Å². The molecule has 5 aromatic rings. The molecule has 0 N–H and O–H groups in total. The number of aryl methyl sites for hydroxylation is 1. The topological polar surface area (TPSA) is 69.3 Å². The number of halogens is 1. The van der Waals surface area contributed by atoms with Crippen molar-refractivity contribution >= 4 is 22.3 Å². The van der Waals surface area contributed by atoms with Crippen molar-refractivity contribution in [2.75, 3.05) is 0 Å². The Balaban J connectivity index is 1.68. The molecule has 0 atom stereocenters. The molecule has 2 heterocycles. The summed E-state index contributed by atoms with van der Waals surface area (Å²) in [6, 6.07) is 20.3. The van der Waals surface area contributed by atoms with Gasteiger partial charge in [-0.25, -0.2) is 14.2 Å². The fourth-order valence-corrected chi connectivity index (χ4v) is 3.58. The molecule has 2 aromatic heterocycles. The van der Waals surface area contributed by atoms with E-state index < -0.39 is 5.69 Å². The van der Waals surface area contributed by atoms with Crippen LogP contribution in [0.3, 0.4) is 0 Å². The quantitative estimate of drug-likeness (QED) is 0.418. The number of rotatable bonds is 4. The highest BCUT2D eigenvalue weighted by atomic mass is 19.1. The lowest BCUT2D eigenvalue weighted by Crippen LogP contribution is -2.30. The fourth-order valence-electron chi connectivity index (χ4n) is 3.58. The number of benzene rings is 3. The Morgan fingerprint density at radius 1 is 0.968 bits per heavy atom. The van der Waals surface area contributed by atoms with Crippen molar-refractivity contribution in [2.45, 2.75) is 13.5 Å². The third kappa shape index (κ3) is 3.30. The molecule has 152 valence electrons. The number of Topliss-reactive ketones (excluding diaryl/α,β-unsaturated/α-hetero) is 1. The summed E-state index contributed by atoms with van der Waals surface area (Å²) in [6.07, 6.45) is 0. The Labute approximate surface area is 176 Å². The van der Waals surface area contributed by atoms with Crippen LogP contribution in [0.5, 0.6) is 0 Å². The van der Waals surface area contributed by atoms with Gasteiger partial charge in [0, 0.05) is 16.5 Å². The molecular weight excluding hydrogens is 395 g/mol. The van der Waals surface area contributed by atoms with E-state index >= 15 is 0 Å². The number of aromatic nitrogens is 4. The largest absolute Gasteiger partial charge is 0.351 e. The van der Waals surface area contributed by atoms with Crippen molar-refractivity contribution in [1.82, 2.24) is 19.2 Å². The average Bonchev–Trinajstić information content (AvgIpc) is 3.23. The molecule has 0 amide bonds. The number of hydrogen-bond donors (Lipinski definition) is 0. The normalized spacial score (nSPS) is 11.3. The van der Waals surface area contributed by atoms with Gasteiger partial charge >= 0.3 is 5.69 Å². The summed E-state index contributed by atoms with van der Waals surface area (Å²) in [5.41, 5.74) is 2.70. The highest BCUT2D eigenvalue weighted by Crippen LogP contribution is 2.21. The Hall–Kier alpha value is -4.13. The van der Waals surface area contributed by atoms with Gasteiger partial charge in [0.1, 0.15) is 5.82 Å². The average molecular weight is 412 g/mol. The van der Waals surface area contributed by atoms with Gasteiger partial charge in [-0.1, -0.05) is 42.0 Å². The second-order valence-electron chi connectivity index (χ2n) is 7.35. The summed E-state index contributed by atoms with van der Waals surface area (Å²) in [6.45, 7) is 1.83. The molecule has 7 heteroatoms. The van der Waals surface area contributed by atoms with Gasteiger partial charge < -0.3 is 0 Å². The van der Waals surface area contributed by atoms with Crippen LogP contribution >= 0.6 is 0 Å². The molecule has 31 heavy (non-hydrogen) atoms. The van der Waals surface area contributed by atoms with E-state index in [-0.39, 0.29) is 18.1 Å². The first kappa shape index (κ1) is 18.9. The molecular formula is C24H17FN4O2. The summed E-state index contributed by atoms with van der Waals surface area (Å²) in [7, 11) is 0. The molecule has 6 nitrogen and oxygen atoms in total.